The SMILES string of the molecule is Cc1ccc(NC(=O)CN(C)C(=O)[C@@H]2CC(=O)N(c3ccccc3Cl)C2)cc1. The zero-order valence-electron chi connectivity index (χ0n) is 15.8. The maximum absolute atomic E-state index is 12.7. The average molecular weight is 400 g/mol. The summed E-state index contributed by atoms with van der Waals surface area (Å²) in [6.45, 7) is 2.14. The van der Waals surface area contributed by atoms with Gasteiger partial charge in [-0.1, -0.05) is 41.4 Å². The van der Waals surface area contributed by atoms with Crippen LogP contribution in [-0.4, -0.2) is 42.8 Å². The first-order valence-corrected chi connectivity index (χ1v) is 9.39. The molecule has 0 bridgehead atoms. The molecule has 0 aliphatic carbocycles. The fraction of sp³-hybridized carbons (Fsp3) is 0.286. The molecule has 0 radical (unpaired) electrons. The highest BCUT2D eigenvalue weighted by molar-refractivity contribution is 6.33. The van der Waals surface area contributed by atoms with Crippen LogP contribution < -0.4 is 10.2 Å². The van der Waals surface area contributed by atoms with E-state index < -0.39 is 5.92 Å². The van der Waals surface area contributed by atoms with Crippen LogP contribution in [0.25, 0.3) is 0 Å². The minimum Gasteiger partial charge on any atom is -0.336 e. The van der Waals surface area contributed by atoms with E-state index in [0.717, 1.165) is 5.56 Å². The van der Waals surface area contributed by atoms with E-state index in [0.29, 0.717) is 16.4 Å². The molecule has 0 unspecified atom stereocenters. The molecule has 2 aromatic carbocycles. The molecule has 2 aromatic rings. The number of halogens is 1. The van der Waals surface area contributed by atoms with Crippen molar-refractivity contribution >= 4 is 40.7 Å². The van der Waals surface area contributed by atoms with E-state index >= 15 is 0 Å². The van der Waals surface area contributed by atoms with Gasteiger partial charge in [0.15, 0.2) is 0 Å². The number of benzene rings is 2. The summed E-state index contributed by atoms with van der Waals surface area (Å²) in [4.78, 5) is 40.2. The largest absolute Gasteiger partial charge is 0.336 e. The van der Waals surface area contributed by atoms with E-state index in [-0.39, 0.29) is 37.2 Å². The summed E-state index contributed by atoms with van der Waals surface area (Å²) in [7, 11) is 1.57. The van der Waals surface area contributed by atoms with Gasteiger partial charge in [0.05, 0.1) is 23.2 Å². The minimum atomic E-state index is -0.499. The van der Waals surface area contributed by atoms with Gasteiger partial charge in [-0.05, 0) is 31.2 Å². The number of nitrogens with zero attached hydrogens (tertiary/aromatic N) is 2. The molecule has 3 amide bonds. The van der Waals surface area contributed by atoms with Crippen molar-refractivity contribution in [1.82, 2.24) is 4.90 Å². The van der Waals surface area contributed by atoms with Crippen LogP contribution in [0, 0.1) is 12.8 Å². The Hall–Kier alpha value is -2.86. The number of likely N-dealkylation sites (N-methyl/N-ethyl adjacent to an activating group) is 1. The van der Waals surface area contributed by atoms with Crippen molar-refractivity contribution in [1.29, 1.82) is 0 Å². The molecule has 28 heavy (non-hydrogen) atoms. The summed E-state index contributed by atoms with van der Waals surface area (Å²) in [5.41, 5.74) is 2.38. The fourth-order valence-corrected chi connectivity index (χ4v) is 3.46. The molecule has 1 atom stereocenters. The highest BCUT2D eigenvalue weighted by Crippen LogP contribution is 2.31. The zero-order valence-corrected chi connectivity index (χ0v) is 16.6. The molecule has 7 heteroatoms. The molecule has 0 saturated carbocycles. The highest BCUT2D eigenvalue weighted by atomic mass is 35.5. The maximum atomic E-state index is 12.7. The van der Waals surface area contributed by atoms with Crippen LogP contribution in [0.5, 0.6) is 0 Å². The molecule has 1 saturated heterocycles. The molecular weight excluding hydrogens is 378 g/mol. The van der Waals surface area contributed by atoms with E-state index in [9.17, 15) is 14.4 Å². The Kier molecular flexibility index (Phi) is 5.99. The Morgan fingerprint density at radius 2 is 1.86 bits per heavy atom. The normalized spacial score (nSPS) is 16.2. The summed E-state index contributed by atoms with van der Waals surface area (Å²) < 4.78 is 0. The Bertz CT molecular complexity index is 898. The van der Waals surface area contributed by atoms with Crippen LogP contribution in [0.15, 0.2) is 48.5 Å². The molecule has 1 aliphatic heterocycles. The second-order valence-corrected chi connectivity index (χ2v) is 7.37. The van der Waals surface area contributed by atoms with E-state index in [4.69, 9.17) is 11.6 Å². The first-order chi connectivity index (χ1) is 13.3. The van der Waals surface area contributed by atoms with E-state index in [2.05, 4.69) is 5.32 Å². The van der Waals surface area contributed by atoms with Gasteiger partial charge < -0.3 is 15.1 Å². The van der Waals surface area contributed by atoms with Gasteiger partial charge in [0, 0.05) is 25.7 Å². The average Bonchev–Trinajstić information content (AvgIpc) is 3.04. The number of aryl methyl sites for hydroxylation is 1. The van der Waals surface area contributed by atoms with Crippen molar-refractivity contribution < 1.29 is 14.4 Å². The van der Waals surface area contributed by atoms with Gasteiger partial charge in [-0.2, -0.15) is 0 Å². The fourth-order valence-electron chi connectivity index (χ4n) is 3.22. The summed E-state index contributed by atoms with van der Waals surface area (Å²) in [5.74, 6) is -1.17. The maximum Gasteiger partial charge on any atom is 0.243 e. The number of rotatable bonds is 5. The van der Waals surface area contributed by atoms with Crippen LogP contribution in [0.2, 0.25) is 5.02 Å². The summed E-state index contributed by atoms with van der Waals surface area (Å²) in [6.07, 6.45) is 0.105. The predicted octanol–water partition coefficient (Wildman–Crippen LogP) is 3.10. The number of amides is 3. The lowest BCUT2D eigenvalue weighted by atomic mass is 10.1. The van der Waals surface area contributed by atoms with Crippen molar-refractivity contribution in [3.05, 3.63) is 59.1 Å². The smallest absolute Gasteiger partial charge is 0.243 e. The molecule has 1 heterocycles. The lowest BCUT2D eigenvalue weighted by molar-refractivity contribution is -0.137. The molecule has 1 fully saturated rings. The second kappa shape index (κ2) is 8.44. The predicted molar refractivity (Wildman–Crippen MR) is 109 cm³/mol. The molecule has 6 nitrogen and oxygen atoms in total. The lowest BCUT2D eigenvalue weighted by Crippen LogP contribution is -2.39. The zero-order chi connectivity index (χ0) is 20.3. The summed E-state index contributed by atoms with van der Waals surface area (Å²) >= 11 is 6.17. The second-order valence-electron chi connectivity index (χ2n) is 6.97. The van der Waals surface area contributed by atoms with E-state index in [1.807, 2.05) is 31.2 Å². The third-order valence-corrected chi connectivity index (χ3v) is 5.03. The number of carbonyl (C=O) groups excluding carboxylic acids is 3. The Morgan fingerprint density at radius 3 is 2.54 bits per heavy atom. The number of carbonyl (C=O) groups is 3. The number of hydrogen-bond acceptors (Lipinski definition) is 3. The van der Waals surface area contributed by atoms with Crippen LogP contribution in [-0.2, 0) is 14.4 Å². The molecule has 1 aliphatic rings. The van der Waals surface area contributed by atoms with Crippen molar-refractivity contribution in [2.24, 2.45) is 5.92 Å². The van der Waals surface area contributed by atoms with Gasteiger partial charge in [-0.15, -0.1) is 0 Å². The van der Waals surface area contributed by atoms with E-state index in [1.165, 1.54) is 9.80 Å². The van der Waals surface area contributed by atoms with Crippen LogP contribution in [0.4, 0.5) is 11.4 Å². The van der Waals surface area contributed by atoms with Crippen LogP contribution >= 0.6 is 11.6 Å². The Morgan fingerprint density at radius 1 is 1.18 bits per heavy atom. The lowest BCUT2D eigenvalue weighted by Gasteiger charge is -2.21. The standard InChI is InChI=1S/C21H22ClN3O3/c1-14-7-9-16(10-8-14)23-19(26)13-24(2)21(28)15-11-20(27)25(12-15)18-6-4-3-5-17(18)22/h3-10,15H,11-13H2,1-2H3,(H,23,26)/t15-/m1/s1. The quantitative estimate of drug-likeness (QED) is 0.839. The summed E-state index contributed by atoms with van der Waals surface area (Å²) in [5, 5.41) is 3.24. The molecule has 0 spiro atoms. The molecular formula is C21H22ClN3O3. The van der Waals surface area contributed by atoms with Crippen molar-refractivity contribution in [3.63, 3.8) is 0 Å². The van der Waals surface area contributed by atoms with E-state index in [1.54, 1.807) is 31.3 Å². The monoisotopic (exact) mass is 399 g/mol. The van der Waals surface area contributed by atoms with Crippen LogP contribution in [0.3, 0.4) is 0 Å². The number of hydrogen-bond donors (Lipinski definition) is 1. The van der Waals surface area contributed by atoms with Gasteiger partial charge in [0.1, 0.15) is 0 Å². The number of para-hydroxylation sites is 1. The number of anilines is 2. The van der Waals surface area contributed by atoms with Crippen molar-refractivity contribution in [2.45, 2.75) is 13.3 Å². The van der Waals surface area contributed by atoms with Crippen molar-refractivity contribution in [2.75, 3.05) is 30.4 Å². The Labute approximate surface area is 169 Å². The molecule has 146 valence electrons. The van der Waals surface area contributed by atoms with Gasteiger partial charge in [0.25, 0.3) is 0 Å². The number of nitrogens with one attached hydrogen (secondary N) is 1. The first kappa shape index (κ1) is 19.9. The van der Waals surface area contributed by atoms with Crippen molar-refractivity contribution in [3.8, 4) is 0 Å². The molecule has 0 aromatic heterocycles. The van der Waals surface area contributed by atoms with Gasteiger partial charge in [-0.3, -0.25) is 14.4 Å². The van der Waals surface area contributed by atoms with Gasteiger partial charge >= 0.3 is 0 Å². The highest BCUT2D eigenvalue weighted by Gasteiger charge is 2.37. The van der Waals surface area contributed by atoms with Gasteiger partial charge in [0.2, 0.25) is 17.7 Å². The summed E-state index contributed by atoms with van der Waals surface area (Å²) in [6, 6.07) is 14.5. The topological polar surface area (TPSA) is 69.7 Å². The molecule has 3 rings (SSSR count). The minimum absolute atomic E-state index is 0.0799. The molecule has 1 N–H and O–H groups in total. The van der Waals surface area contributed by atoms with Crippen LogP contribution in [0.1, 0.15) is 12.0 Å². The Balaban J connectivity index is 1.59. The van der Waals surface area contributed by atoms with Gasteiger partial charge in [-0.25, -0.2) is 0 Å². The third-order valence-electron chi connectivity index (χ3n) is 4.71. The third kappa shape index (κ3) is 4.51. The first-order valence-electron chi connectivity index (χ1n) is 9.01.